The molecule has 1 aliphatic carbocycles. The molecule has 1 unspecified atom stereocenters. The van der Waals surface area contributed by atoms with Crippen LogP contribution >= 0.6 is 11.6 Å². The zero-order chi connectivity index (χ0) is 18.1. The van der Waals surface area contributed by atoms with Crippen LogP contribution in [0.5, 0.6) is 0 Å². The first kappa shape index (κ1) is 20.0. The number of unbranched alkanes of at least 4 members (excludes halogenated alkanes) is 1. The third-order valence-electron chi connectivity index (χ3n) is 4.69. The van der Waals surface area contributed by atoms with Gasteiger partial charge < -0.3 is 19.3 Å². The molecule has 0 aromatic carbocycles. The Morgan fingerprint density at radius 2 is 2.20 bits per heavy atom. The van der Waals surface area contributed by atoms with Crippen LogP contribution < -0.4 is 0 Å². The Bertz CT molecular complexity index is 502. The molecule has 0 radical (unpaired) electrons. The van der Waals surface area contributed by atoms with Crippen molar-refractivity contribution in [1.29, 1.82) is 0 Å². The van der Waals surface area contributed by atoms with Gasteiger partial charge in [0.2, 0.25) is 6.29 Å². The lowest BCUT2D eigenvalue weighted by atomic mass is 9.92. The summed E-state index contributed by atoms with van der Waals surface area (Å²) in [6, 6.07) is 0. The Hall–Kier alpha value is -1.30. The first-order valence-corrected chi connectivity index (χ1v) is 9.20. The summed E-state index contributed by atoms with van der Waals surface area (Å²) in [6.45, 7) is 0.0427. The van der Waals surface area contributed by atoms with Gasteiger partial charge in [0.05, 0.1) is 19.5 Å². The number of ether oxygens (including phenoxy) is 3. The average Bonchev–Trinajstić information content (AvgIpc) is 2.92. The van der Waals surface area contributed by atoms with Crippen LogP contribution in [0.3, 0.4) is 0 Å². The minimum Gasteiger partial charge on any atom is -0.469 e. The zero-order valence-corrected chi connectivity index (χ0v) is 15.3. The van der Waals surface area contributed by atoms with Crippen molar-refractivity contribution >= 4 is 17.6 Å². The normalized spacial score (nSPS) is 31.4. The third-order valence-corrected chi connectivity index (χ3v) is 5.20. The second-order valence-corrected chi connectivity index (χ2v) is 6.89. The van der Waals surface area contributed by atoms with Crippen LogP contribution in [-0.2, 0) is 19.0 Å². The van der Waals surface area contributed by atoms with E-state index in [1.54, 1.807) is 12.3 Å². The summed E-state index contributed by atoms with van der Waals surface area (Å²) in [5.41, 5.74) is 0. The van der Waals surface area contributed by atoms with Crippen molar-refractivity contribution in [3.05, 3.63) is 36.6 Å². The van der Waals surface area contributed by atoms with Crippen molar-refractivity contribution in [3.63, 3.8) is 0 Å². The number of hydrogen-bond donors (Lipinski definition) is 1. The van der Waals surface area contributed by atoms with E-state index in [4.69, 9.17) is 21.1 Å². The van der Waals surface area contributed by atoms with Crippen LogP contribution in [0.4, 0.5) is 0 Å². The van der Waals surface area contributed by atoms with E-state index < -0.39 is 6.29 Å². The predicted octanol–water partition coefficient (Wildman–Crippen LogP) is 3.32. The minimum absolute atomic E-state index is 0.00914. The maximum atomic E-state index is 11.1. The second kappa shape index (κ2) is 10.6. The van der Waals surface area contributed by atoms with Gasteiger partial charge in [0.25, 0.3) is 0 Å². The van der Waals surface area contributed by atoms with E-state index in [0.29, 0.717) is 12.8 Å². The quantitative estimate of drug-likeness (QED) is 0.292. The molecule has 5 nitrogen and oxygen atoms in total. The summed E-state index contributed by atoms with van der Waals surface area (Å²) in [6.07, 6.45) is 14.2. The second-order valence-electron chi connectivity index (χ2n) is 6.33. The van der Waals surface area contributed by atoms with Gasteiger partial charge in [-0.15, -0.1) is 11.6 Å². The van der Waals surface area contributed by atoms with Crippen molar-refractivity contribution < 1.29 is 24.1 Å². The van der Waals surface area contributed by atoms with Crippen LogP contribution in [0.1, 0.15) is 32.1 Å². The molecule has 0 aromatic rings. The van der Waals surface area contributed by atoms with Crippen LogP contribution in [-0.4, -0.2) is 42.6 Å². The van der Waals surface area contributed by atoms with Gasteiger partial charge in [0.15, 0.2) is 0 Å². The van der Waals surface area contributed by atoms with Crippen molar-refractivity contribution in [2.45, 2.75) is 49.9 Å². The van der Waals surface area contributed by atoms with E-state index in [-0.39, 0.29) is 35.9 Å². The maximum Gasteiger partial charge on any atom is 0.305 e. The fraction of sp³-hybridized carbons (Fsp3) is 0.632. The van der Waals surface area contributed by atoms with Crippen molar-refractivity contribution in [3.8, 4) is 0 Å². The van der Waals surface area contributed by atoms with Gasteiger partial charge >= 0.3 is 5.97 Å². The lowest BCUT2D eigenvalue weighted by Gasteiger charge is -2.26. The smallest absolute Gasteiger partial charge is 0.305 e. The van der Waals surface area contributed by atoms with E-state index in [0.717, 1.165) is 19.3 Å². The molecule has 2 aliphatic rings. The lowest BCUT2D eigenvalue weighted by Crippen LogP contribution is -2.30. The Balaban J connectivity index is 1.78. The largest absolute Gasteiger partial charge is 0.469 e. The molecule has 0 saturated heterocycles. The van der Waals surface area contributed by atoms with Gasteiger partial charge in [0.1, 0.15) is 0 Å². The number of aliphatic hydroxyl groups excluding tert-OH is 1. The molecule has 1 heterocycles. The number of carbonyl (C=O) groups excluding carboxylic acids is 1. The number of rotatable bonds is 9. The molecule has 1 fully saturated rings. The van der Waals surface area contributed by atoms with E-state index in [2.05, 4.69) is 16.9 Å². The van der Waals surface area contributed by atoms with Crippen molar-refractivity contribution in [2.75, 3.05) is 13.7 Å². The van der Waals surface area contributed by atoms with Crippen molar-refractivity contribution in [2.24, 2.45) is 11.8 Å². The third kappa shape index (κ3) is 6.17. The molecule has 5 atom stereocenters. The number of allylic oxidation sites excluding steroid dienone is 4. The standard InChI is InChI=1S/C19H27ClO5/c1-23-18(22)9-5-3-2-4-8-14-15(13-21)17(12-16(14)20)25-19-10-6-7-11-24-19/h2,4,6-7,10-11,14-17,19,21H,3,5,8-9,12-13H2,1H3/b4-2-/t14-,15?,16-,17-,19-/m0/s1. The number of esters is 1. The maximum absolute atomic E-state index is 11.1. The minimum atomic E-state index is -0.416. The summed E-state index contributed by atoms with van der Waals surface area (Å²) >= 11 is 6.51. The van der Waals surface area contributed by atoms with Crippen LogP contribution in [0, 0.1) is 11.8 Å². The summed E-state index contributed by atoms with van der Waals surface area (Å²) in [5.74, 6) is -0.0269. The molecule has 0 bridgehead atoms. The highest BCUT2D eigenvalue weighted by Crippen LogP contribution is 2.40. The number of methoxy groups -OCH3 is 1. The lowest BCUT2D eigenvalue weighted by molar-refractivity contribution is -0.140. The number of halogens is 1. The average molecular weight is 371 g/mol. The molecule has 0 amide bonds. The molecule has 2 rings (SSSR count). The van der Waals surface area contributed by atoms with E-state index in [1.807, 2.05) is 12.2 Å². The van der Waals surface area contributed by atoms with E-state index >= 15 is 0 Å². The number of carbonyl (C=O) groups is 1. The van der Waals surface area contributed by atoms with Crippen LogP contribution in [0.15, 0.2) is 36.6 Å². The van der Waals surface area contributed by atoms with Gasteiger partial charge in [-0.25, -0.2) is 0 Å². The van der Waals surface area contributed by atoms with Gasteiger partial charge in [-0.2, -0.15) is 0 Å². The van der Waals surface area contributed by atoms with Crippen LogP contribution in [0.25, 0.3) is 0 Å². The van der Waals surface area contributed by atoms with Gasteiger partial charge in [-0.1, -0.05) is 18.2 Å². The summed E-state index contributed by atoms with van der Waals surface area (Å²) < 4.78 is 16.0. The molecule has 0 aromatic heterocycles. The Morgan fingerprint density at radius 1 is 1.36 bits per heavy atom. The predicted molar refractivity (Wildman–Crippen MR) is 96.0 cm³/mol. The summed E-state index contributed by atoms with van der Waals surface area (Å²) in [4.78, 5) is 11.1. The molecule has 0 spiro atoms. The van der Waals surface area contributed by atoms with E-state index in [1.165, 1.54) is 7.11 Å². The molecule has 1 saturated carbocycles. The molecule has 140 valence electrons. The highest BCUT2D eigenvalue weighted by atomic mass is 35.5. The van der Waals surface area contributed by atoms with Gasteiger partial charge in [-0.05, 0) is 43.8 Å². The van der Waals surface area contributed by atoms with Gasteiger partial charge in [-0.3, -0.25) is 4.79 Å². The molecule has 1 aliphatic heterocycles. The fourth-order valence-electron chi connectivity index (χ4n) is 3.30. The first-order chi connectivity index (χ1) is 12.2. The monoisotopic (exact) mass is 370 g/mol. The molecular weight excluding hydrogens is 344 g/mol. The highest BCUT2D eigenvalue weighted by molar-refractivity contribution is 6.21. The zero-order valence-electron chi connectivity index (χ0n) is 14.6. The fourth-order valence-corrected chi connectivity index (χ4v) is 3.77. The van der Waals surface area contributed by atoms with Gasteiger partial charge in [0, 0.05) is 24.3 Å². The Labute approximate surface area is 154 Å². The van der Waals surface area contributed by atoms with Crippen LogP contribution in [0.2, 0.25) is 0 Å². The first-order valence-electron chi connectivity index (χ1n) is 8.76. The Kier molecular flexibility index (Phi) is 8.52. The summed E-state index contributed by atoms with van der Waals surface area (Å²) in [7, 11) is 1.40. The molecule has 6 heteroatoms. The molecule has 1 N–H and O–H groups in total. The Morgan fingerprint density at radius 3 is 2.88 bits per heavy atom. The molecular formula is C19H27ClO5. The SMILES string of the molecule is COC(=O)CCC/C=C\C[C@H]1C(CO)[C@@H](O[C@H]2C=CC=CO2)C[C@@H]1Cl. The topological polar surface area (TPSA) is 65.0 Å². The van der Waals surface area contributed by atoms with E-state index in [9.17, 15) is 9.90 Å². The summed E-state index contributed by atoms with van der Waals surface area (Å²) in [5, 5.41) is 9.76. The number of aliphatic hydroxyl groups is 1. The highest BCUT2D eigenvalue weighted by Gasteiger charge is 2.43. The number of hydrogen-bond acceptors (Lipinski definition) is 5. The molecule has 25 heavy (non-hydrogen) atoms. The number of alkyl halides is 1. The van der Waals surface area contributed by atoms with Crippen molar-refractivity contribution in [1.82, 2.24) is 0 Å².